The molecule has 1 heterocycles. The number of pyridine rings is 1. The Morgan fingerprint density at radius 3 is 2.05 bits per heavy atom. The van der Waals surface area contributed by atoms with E-state index in [9.17, 15) is 13.2 Å². The fourth-order valence-corrected chi connectivity index (χ4v) is 2.27. The minimum absolute atomic E-state index is 0.535. The van der Waals surface area contributed by atoms with Crippen molar-refractivity contribution >= 4 is 0 Å². The molecule has 0 aliphatic carbocycles. The van der Waals surface area contributed by atoms with E-state index in [1.165, 1.54) is 6.07 Å². The zero-order valence-corrected chi connectivity index (χ0v) is 11.5. The molecule has 110 valence electrons. The molecule has 0 atom stereocenters. The Kier molecular flexibility index (Phi) is 3.67. The molecule has 4 heteroatoms. The number of rotatable bonds is 2. The quantitative estimate of drug-likeness (QED) is 0.614. The lowest BCUT2D eigenvalue weighted by atomic mass is 10.00. The maximum atomic E-state index is 12.8. The van der Waals surface area contributed by atoms with Crippen LogP contribution in [0.1, 0.15) is 5.56 Å². The van der Waals surface area contributed by atoms with Gasteiger partial charge in [-0.15, -0.1) is 0 Å². The highest BCUT2D eigenvalue weighted by atomic mass is 19.4. The van der Waals surface area contributed by atoms with Crippen molar-refractivity contribution in [2.75, 3.05) is 0 Å². The van der Waals surface area contributed by atoms with E-state index in [2.05, 4.69) is 4.98 Å². The number of nitrogens with zero attached hydrogens (tertiary/aromatic N) is 1. The van der Waals surface area contributed by atoms with Crippen molar-refractivity contribution in [3.8, 4) is 22.4 Å². The van der Waals surface area contributed by atoms with Gasteiger partial charge in [0.1, 0.15) is 0 Å². The van der Waals surface area contributed by atoms with E-state index < -0.39 is 11.7 Å². The summed E-state index contributed by atoms with van der Waals surface area (Å²) in [6.45, 7) is 0. The molecule has 3 aromatic rings. The van der Waals surface area contributed by atoms with Gasteiger partial charge in [-0.1, -0.05) is 36.4 Å². The third-order valence-electron chi connectivity index (χ3n) is 3.35. The molecular weight excluding hydrogens is 287 g/mol. The second kappa shape index (κ2) is 5.64. The summed E-state index contributed by atoms with van der Waals surface area (Å²) in [6.07, 6.45) is -2.65. The molecule has 0 spiro atoms. The second-order valence-corrected chi connectivity index (χ2v) is 4.87. The lowest BCUT2D eigenvalue weighted by molar-refractivity contribution is -0.137. The molecule has 1 nitrogen and oxygen atoms in total. The molecule has 0 amide bonds. The number of hydrogen-bond donors (Lipinski definition) is 0. The normalized spacial score (nSPS) is 11.4. The molecule has 22 heavy (non-hydrogen) atoms. The molecule has 0 aliphatic heterocycles. The molecule has 0 radical (unpaired) electrons. The third kappa shape index (κ3) is 3.01. The monoisotopic (exact) mass is 299 g/mol. The van der Waals surface area contributed by atoms with Gasteiger partial charge in [0, 0.05) is 11.8 Å². The van der Waals surface area contributed by atoms with E-state index in [0.29, 0.717) is 5.56 Å². The highest BCUT2D eigenvalue weighted by Gasteiger charge is 2.30. The summed E-state index contributed by atoms with van der Waals surface area (Å²) >= 11 is 0. The van der Waals surface area contributed by atoms with Crippen LogP contribution in [0.5, 0.6) is 0 Å². The van der Waals surface area contributed by atoms with Crippen LogP contribution in [0, 0.1) is 0 Å². The van der Waals surface area contributed by atoms with Crippen molar-refractivity contribution in [2.45, 2.75) is 6.18 Å². The SMILES string of the molecule is FC(F)(F)c1cccc(-c2cccc(-c3ccccn3)c2)c1. The highest BCUT2D eigenvalue weighted by molar-refractivity contribution is 5.71. The van der Waals surface area contributed by atoms with Gasteiger partial charge in [0.15, 0.2) is 0 Å². The maximum Gasteiger partial charge on any atom is 0.416 e. The van der Waals surface area contributed by atoms with Crippen molar-refractivity contribution in [1.29, 1.82) is 0 Å². The number of aromatic nitrogens is 1. The van der Waals surface area contributed by atoms with Gasteiger partial charge in [0.25, 0.3) is 0 Å². The summed E-state index contributed by atoms with van der Waals surface area (Å²) in [6, 6.07) is 18.2. The first kappa shape index (κ1) is 14.3. The average Bonchev–Trinajstić information content (AvgIpc) is 2.55. The van der Waals surface area contributed by atoms with Crippen molar-refractivity contribution in [3.05, 3.63) is 78.5 Å². The second-order valence-electron chi connectivity index (χ2n) is 4.87. The number of hydrogen-bond acceptors (Lipinski definition) is 1. The summed E-state index contributed by atoms with van der Waals surface area (Å²) in [5.74, 6) is 0. The van der Waals surface area contributed by atoms with E-state index in [0.717, 1.165) is 29.0 Å². The molecule has 0 aliphatic rings. The zero-order valence-electron chi connectivity index (χ0n) is 11.5. The van der Waals surface area contributed by atoms with Crippen molar-refractivity contribution in [3.63, 3.8) is 0 Å². The molecule has 2 aromatic carbocycles. The van der Waals surface area contributed by atoms with Crippen LogP contribution >= 0.6 is 0 Å². The predicted octanol–water partition coefficient (Wildman–Crippen LogP) is 5.43. The molecule has 1 aromatic heterocycles. The fourth-order valence-electron chi connectivity index (χ4n) is 2.27. The largest absolute Gasteiger partial charge is 0.416 e. The maximum absolute atomic E-state index is 12.8. The van der Waals surface area contributed by atoms with E-state index in [-0.39, 0.29) is 0 Å². The summed E-state index contributed by atoms with van der Waals surface area (Å²) in [7, 11) is 0. The Morgan fingerprint density at radius 1 is 0.682 bits per heavy atom. The Hall–Kier alpha value is -2.62. The van der Waals surface area contributed by atoms with Crippen molar-refractivity contribution in [2.24, 2.45) is 0 Å². The first-order valence-electron chi connectivity index (χ1n) is 6.73. The Morgan fingerprint density at radius 2 is 1.36 bits per heavy atom. The van der Waals surface area contributed by atoms with Crippen LogP contribution in [0.15, 0.2) is 72.9 Å². The predicted molar refractivity (Wildman–Crippen MR) is 80.1 cm³/mol. The van der Waals surface area contributed by atoms with E-state index in [1.807, 2.05) is 36.4 Å². The summed E-state index contributed by atoms with van der Waals surface area (Å²) in [4.78, 5) is 4.26. The zero-order chi connectivity index (χ0) is 15.6. The number of benzene rings is 2. The molecular formula is C18H12F3N. The van der Waals surface area contributed by atoms with Gasteiger partial charge in [-0.25, -0.2) is 0 Å². The molecule has 0 N–H and O–H groups in total. The molecule has 3 rings (SSSR count). The minimum atomic E-state index is -4.34. The molecule has 0 unspecified atom stereocenters. The molecule has 0 bridgehead atoms. The lowest BCUT2D eigenvalue weighted by Crippen LogP contribution is -2.04. The first-order chi connectivity index (χ1) is 10.5. The van der Waals surface area contributed by atoms with Crippen LogP contribution in [0.4, 0.5) is 13.2 Å². The molecule has 0 saturated heterocycles. The van der Waals surface area contributed by atoms with E-state index in [1.54, 1.807) is 18.3 Å². The minimum Gasteiger partial charge on any atom is -0.256 e. The molecule has 0 saturated carbocycles. The van der Waals surface area contributed by atoms with Gasteiger partial charge in [-0.3, -0.25) is 4.98 Å². The van der Waals surface area contributed by atoms with Crippen LogP contribution in [-0.4, -0.2) is 4.98 Å². The van der Waals surface area contributed by atoms with Crippen LogP contribution < -0.4 is 0 Å². The van der Waals surface area contributed by atoms with Crippen LogP contribution in [0.3, 0.4) is 0 Å². The van der Waals surface area contributed by atoms with Gasteiger partial charge in [0.2, 0.25) is 0 Å². The van der Waals surface area contributed by atoms with Crippen LogP contribution in [0.25, 0.3) is 22.4 Å². The Labute approximate surface area is 126 Å². The van der Waals surface area contributed by atoms with Crippen LogP contribution in [0.2, 0.25) is 0 Å². The average molecular weight is 299 g/mol. The number of alkyl halides is 3. The fraction of sp³-hybridized carbons (Fsp3) is 0.0556. The van der Waals surface area contributed by atoms with Gasteiger partial charge in [0.05, 0.1) is 11.3 Å². The summed E-state index contributed by atoms with van der Waals surface area (Å²) in [5, 5.41) is 0. The van der Waals surface area contributed by atoms with Gasteiger partial charge in [-0.2, -0.15) is 13.2 Å². The van der Waals surface area contributed by atoms with Gasteiger partial charge < -0.3 is 0 Å². The topological polar surface area (TPSA) is 12.9 Å². The standard InChI is InChI=1S/C18H12F3N/c19-18(20,21)16-8-4-6-14(12-16)13-5-3-7-15(11-13)17-9-1-2-10-22-17/h1-12H. The van der Waals surface area contributed by atoms with E-state index >= 15 is 0 Å². The summed E-state index contributed by atoms with van der Waals surface area (Å²) < 4.78 is 38.5. The Balaban J connectivity index is 2.03. The highest BCUT2D eigenvalue weighted by Crippen LogP contribution is 2.33. The van der Waals surface area contributed by atoms with Crippen LogP contribution in [-0.2, 0) is 6.18 Å². The lowest BCUT2D eigenvalue weighted by Gasteiger charge is -2.10. The Bertz CT molecular complexity index is 780. The molecule has 0 fully saturated rings. The van der Waals surface area contributed by atoms with Gasteiger partial charge in [-0.05, 0) is 41.5 Å². The van der Waals surface area contributed by atoms with Crippen molar-refractivity contribution < 1.29 is 13.2 Å². The van der Waals surface area contributed by atoms with E-state index in [4.69, 9.17) is 0 Å². The first-order valence-corrected chi connectivity index (χ1v) is 6.73. The third-order valence-corrected chi connectivity index (χ3v) is 3.35. The summed E-state index contributed by atoms with van der Waals surface area (Å²) in [5.41, 5.74) is 2.28. The smallest absolute Gasteiger partial charge is 0.256 e. The number of halogens is 3. The van der Waals surface area contributed by atoms with Gasteiger partial charge >= 0.3 is 6.18 Å². The van der Waals surface area contributed by atoms with Crippen molar-refractivity contribution in [1.82, 2.24) is 4.98 Å².